The number of hydrogen-bond donors (Lipinski definition) is 0. The summed E-state index contributed by atoms with van der Waals surface area (Å²) in [6.45, 7) is 0. The number of hydrogen-bond acceptors (Lipinski definition) is 5. The standard InChI is InChI=1S/C24H22FNO5/c1-28-18-9-11-19(12-10-18)31-23-22(15-4-13-20(29-2)21(14-15)30-3)26(24(23)27)17-7-5-16(25)6-8-17/h4-14,22-23H,1-3H3/t22-,23-/m0/s1. The van der Waals surface area contributed by atoms with Gasteiger partial charge < -0.3 is 18.9 Å². The van der Waals surface area contributed by atoms with E-state index in [-0.39, 0.29) is 11.7 Å². The first-order chi connectivity index (χ1) is 15.0. The third kappa shape index (κ3) is 3.86. The van der Waals surface area contributed by atoms with E-state index < -0.39 is 12.1 Å². The molecule has 1 heterocycles. The molecule has 1 aliphatic rings. The molecular formula is C24H22FNO5. The van der Waals surface area contributed by atoms with Gasteiger partial charge in [0.25, 0.3) is 5.91 Å². The minimum absolute atomic E-state index is 0.220. The molecule has 0 aromatic heterocycles. The molecule has 3 aromatic rings. The molecule has 3 aromatic carbocycles. The van der Waals surface area contributed by atoms with Crippen molar-refractivity contribution >= 4 is 11.6 Å². The number of ether oxygens (including phenoxy) is 4. The Hall–Kier alpha value is -3.74. The second-order valence-corrected chi connectivity index (χ2v) is 6.96. The number of benzene rings is 3. The van der Waals surface area contributed by atoms with Crippen LogP contribution in [0.25, 0.3) is 0 Å². The van der Waals surface area contributed by atoms with Gasteiger partial charge in [0.05, 0.1) is 21.3 Å². The normalized spacial score (nSPS) is 17.7. The molecule has 6 nitrogen and oxygen atoms in total. The highest BCUT2D eigenvalue weighted by Gasteiger charge is 2.51. The molecule has 0 spiro atoms. The Morgan fingerprint density at radius 2 is 1.42 bits per heavy atom. The van der Waals surface area contributed by atoms with Gasteiger partial charge in [0.15, 0.2) is 11.5 Å². The summed E-state index contributed by atoms with van der Waals surface area (Å²) in [5.74, 6) is 1.77. The minimum atomic E-state index is -0.753. The average molecular weight is 423 g/mol. The van der Waals surface area contributed by atoms with Crippen molar-refractivity contribution in [2.24, 2.45) is 0 Å². The first-order valence-electron chi connectivity index (χ1n) is 9.67. The summed E-state index contributed by atoms with van der Waals surface area (Å²) in [5, 5.41) is 0. The van der Waals surface area contributed by atoms with E-state index in [1.165, 1.54) is 12.1 Å². The highest BCUT2D eigenvalue weighted by molar-refractivity contribution is 6.05. The van der Waals surface area contributed by atoms with Crippen LogP contribution in [0.3, 0.4) is 0 Å². The third-order valence-corrected chi connectivity index (χ3v) is 5.22. The van der Waals surface area contributed by atoms with E-state index in [1.807, 2.05) is 12.1 Å². The molecule has 31 heavy (non-hydrogen) atoms. The Morgan fingerprint density at radius 1 is 0.774 bits per heavy atom. The van der Waals surface area contributed by atoms with E-state index in [0.717, 1.165) is 5.56 Å². The van der Waals surface area contributed by atoms with Gasteiger partial charge in [0, 0.05) is 5.69 Å². The maximum Gasteiger partial charge on any atom is 0.271 e. The second kappa shape index (κ2) is 8.55. The van der Waals surface area contributed by atoms with Gasteiger partial charge >= 0.3 is 0 Å². The van der Waals surface area contributed by atoms with Crippen molar-refractivity contribution in [3.63, 3.8) is 0 Å². The topological polar surface area (TPSA) is 57.2 Å². The highest BCUT2D eigenvalue weighted by Crippen LogP contribution is 2.43. The molecular weight excluding hydrogens is 401 g/mol. The van der Waals surface area contributed by atoms with Gasteiger partial charge in [0.1, 0.15) is 23.4 Å². The Morgan fingerprint density at radius 3 is 2.03 bits per heavy atom. The number of rotatable bonds is 7. The quantitative estimate of drug-likeness (QED) is 0.528. The van der Waals surface area contributed by atoms with Crippen LogP contribution in [-0.4, -0.2) is 33.3 Å². The van der Waals surface area contributed by atoms with Gasteiger partial charge in [-0.15, -0.1) is 0 Å². The maximum absolute atomic E-state index is 13.4. The lowest BCUT2D eigenvalue weighted by Crippen LogP contribution is -2.61. The molecule has 1 aliphatic heterocycles. The van der Waals surface area contributed by atoms with Crippen LogP contribution in [0.4, 0.5) is 10.1 Å². The van der Waals surface area contributed by atoms with Crippen molar-refractivity contribution in [1.82, 2.24) is 0 Å². The molecule has 1 saturated heterocycles. The van der Waals surface area contributed by atoms with Crippen LogP contribution in [0.1, 0.15) is 11.6 Å². The number of carbonyl (C=O) groups excluding carboxylic acids is 1. The van der Waals surface area contributed by atoms with Crippen LogP contribution in [0.5, 0.6) is 23.0 Å². The van der Waals surface area contributed by atoms with Crippen LogP contribution in [0, 0.1) is 5.82 Å². The Labute approximate surface area is 179 Å². The molecule has 0 unspecified atom stereocenters. The molecule has 0 aliphatic carbocycles. The zero-order valence-corrected chi connectivity index (χ0v) is 17.4. The summed E-state index contributed by atoms with van der Waals surface area (Å²) >= 11 is 0. The van der Waals surface area contributed by atoms with E-state index in [9.17, 15) is 9.18 Å². The molecule has 7 heteroatoms. The van der Waals surface area contributed by atoms with Crippen LogP contribution in [0.2, 0.25) is 0 Å². The van der Waals surface area contributed by atoms with Gasteiger partial charge in [-0.1, -0.05) is 6.07 Å². The number of halogens is 1. The van der Waals surface area contributed by atoms with Crippen molar-refractivity contribution in [3.05, 3.63) is 78.1 Å². The van der Waals surface area contributed by atoms with Gasteiger partial charge in [-0.25, -0.2) is 4.39 Å². The molecule has 1 amide bonds. The van der Waals surface area contributed by atoms with Crippen LogP contribution in [0.15, 0.2) is 66.7 Å². The molecule has 0 bridgehead atoms. The number of amides is 1. The van der Waals surface area contributed by atoms with Gasteiger partial charge in [-0.3, -0.25) is 9.69 Å². The summed E-state index contributed by atoms with van der Waals surface area (Å²) in [7, 11) is 4.69. The first kappa shape index (κ1) is 20.5. The fourth-order valence-corrected chi connectivity index (χ4v) is 3.63. The fourth-order valence-electron chi connectivity index (χ4n) is 3.63. The monoisotopic (exact) mass is 423 g/mol. The van der Waals surface area contributed by atoms with E-state index in [4.69, 9.17) is 18.9 Å². The number of β-lactam (4-membered cyclic amide) rings is 1. The van der Waals surface area contributed by atoms with Crippen LogP contribution in [-0.2, 0) is 4.79 Å². The maximum atomic E-state index is 13.4. The Bertz CT molecular complexity index is 1070. The second-order valence-electron chi connectivity index (χ2n) is 6.96. The summed E-state index contributed by atoms with van der Waals surface area (Å²) < 4.78 is 35.4. The molecule has 160 valence electrons. The molecule has 1 fully saturated rings. The largest absolute Gasteiger partial charge is 0.497 e. The van der Waals surface area contributed by atoms with Crippen molar-refractivity contribution in [1.29, 1.82) is 0 Å². The minimum Gasteiger partial charge on any atom is -0.497 e. The zero-order valence-electron chi connectivity index (χ0n) is 17.4. The summed E-state index contributed by atoms with van der Waals surface area (Å²) in [6.07, 6.45) is -0.753. The molecule has 2 atom stereocenters. The number of nitrogens with zero attached hydrogens (tertiary/aromatic N) is 1. The molecule has 0 N–H and O–H groups in total. The van der Waals surface area contributed by atoms with Crippen molar-refractivity contribution < 1.29 is 28.1 Å². The number of methoxy groups -OCH3 is 3. The molecule has 4 rings (SSSR count). The lowest BCUT2D eigenvalue weighted by molar-refractivity contribution is -0.135. The number of carbonyl (C=O) groups is 1. The summed E-state index contributed by atoms with van der Waals surface area (Å²) in [4.78, 5) is 14.7. The SMILES string of the molecule is COc1ccc(O[C@@H]2C(=O)N(c3ccc(F)cc3)[C@H]2c2ccc(OC)c(OC)c2)cc1. The summed E-state index contributed by atoms with van der Waals surface area (Å²) in [5.41, 5.74) is 1.39. The van der Waals surface area contributed by atoms with E-state index >= 15 is 0 Å². The van der Waals surface area contributed by atoms with E-state index in [2.05, 4.69) is 0 Å². The number of anilines is 1. The lowest BCUT2D eigenvalue weighted by atomic mass is 9.89. The first-order valence-corrected chi connectivity index (χ1v) is 9.67. The average Bonchev–Trinajstić information content (AvgIpc) is 2.81. The highest BCUT2D eigenvalue weighted by atomic mass is 19.1. The van der Waals surface area contributed by atoms with Gasteiger partial charge in [-0.05, 0) is 66.2 Å². The fraction of sp³-hybridized carbons (Fsp3) is 0.208. The predicted octanol–water partition coefficient (Wildman–Crippen LogP) is 4.39. The molecule has 0 radical (unpaired) electrons. The van der Waals surface area contributed by atoms with Crippen molar-refractivity contribution in [2.45, 2.75) is 12.1 Å². The predicted molar refractivity (Wildman–Crippen MR) is 114 cm³/mol. The van der Waals surface area contributed by atoms with E-state index in [1.54, 1.807) is 68.7 Å². The molecule has 0 saturated carbocycles. The van der Waals surface area contributed by atoms with Crippen LogP contribution < -0.4 is 23.8 Å². The van der Waals surface area contributed by atoms with Crippen molar-refractivity contribution in [3.8, 4) is 23.0 Å². The van der Waals surface area contributed by atoms with Crippen LogP contribution >= 0.6 is 0 Å². The smallest absolute Gasteiger partial charge is 0.271 e. The zero-order chi connectivity index (χ0) is 22.0. The Kier molecular flexibility index (Phi) is 5.66. The van der Waals surface area contributed by atoms with Crippen molar-refractivity contribution in [2.75, 3.05) is 26.2 Å². The van der Waals surface area contributed by atoms with E-state index in [0.29, 0.717) is 28.7 Å². The van der Waals surface area contributed by atoms with Gasteiger partial charge in [-0.2, -0.15) is 0 Å². The lowest BCUT2D eigenvalue weighted by Gasteiger charge is -2.46. The third-order valence-electron chi connectivity index (χ3n) is 5.22. The Balaban J connectivity index is 1.70. The van der Waals surface area contributed by atoms with Gasteiger partial charge in [0.2, 0.25) is 6.10 Å². The summed E-state index contributed by atoms with van der Waals surface area (Å²) in [6, 6.07) is 17.9.